The molecule has 7 nitrogen and oxygen atoms in total. The molecule has 118 valence electrons. The zero-order chi connectivity index (χ0) is 16.4. The van der Waals surface area contributed by atoms with E-state index in [0.29, 0.717) is 12.6 Å². The first kappa shape index (κ1) is 14.8. The lowest BCUT2D eigenvalue weighted by Crippen LogP contribution is -2.13. The summed E-state index contributed by atoms with van der Waals surface area (Å²) in [7, 11) is 0. The zero-order valence-corrected chi connectivity index (χ0v) is 12.0. The first-order valence-electron chi connectivity index (χ1n) is 6.70. The average molecular weight is 319 g/mol. The van der Waals surface area contributed by atoms with Gasteiger partial charge in [-0.2, -0.15) is 5.10 Å². The third-order valence-electron chi connectivity index (χ3n) is 3.00. The minimum atomic E-state index is -0.840. The Balaban J connectivity index is 1.78. The van der Waals surface area contributed by atoms with Crippen LogP contribution in [0.15, 0.2) is 34.9 Å². The summed E-state index contributed by atoms with van der Waals surface area (Å²) in [6.07, 6.45) is 1.65. The number of nitrogens with one attached hydrogen (secondary N) is 1. The molecule has 0 fully saturated rings. The molecule has 0 saturated heterocycles. The van der Waals surface area contributed by atoms with E-state index in [1.165, 1.54) is 12.1 Å². The van der Waals surface area contributed by atoms with Crippen LogP contribution in [-0.2, 0) is 6.54 Å². The predicted octanol–water partition coefficient (Wildman–Crippen LogP) is 2.48. The summed E-state index contributed by atoms with van der Waals surface area (Å²) in [5.74, 6) is -2.26. The largest absolute Gasteiger partial charge is 0.403 e. The molecular formula is C14H11F2N5O2. The summed E-state index contributed by atoms with van der Waals surface area (Å²) in [4.78, 5) is 12.0. The number of aromatic nitrogens is 4. The van der Waals surface area contributed by atoms with Gasteiger partial charge in [0.05, 0.1) is 5.56 Å². The minimum absolute atomic E-state index is 0.0605. The van der Waals surface area contributed by atoms with E-state index in [9.17, 15) is 13.6 Å². The number of amides is 1. The van der Waals surface area contributed by atoms with Crippen LogP contribution in [0.2, 0.25) is 0 Å². The van der Waals surface area contributed by atoms with Crippen molar-refractivity contribution in [1.82, 2.24) is 20.0 Å². The number of aryl methyl sites for hydroxylation is 1. The van der Waals surface area contributed by atoms with Gasteiger partial charge in [-0.3, -0.25) is 14.8 Å². The molecule has 0 bridgehead atoms. The van der Waals surface area contributed by atoms with Gasteiger partial charge in [0.15, 0.2) is 5.69 Å². The Kier molecular flexibility index (Phi) is 3.83. The van der Waals surface area contributed by atoms with Crippen molar-refractivity contribution in [1.29, 1.82) is 0 Å². The predicted molar refractivity (Wildman–Crippen MR) is 75.5 cm³/mol. The highest BCUT2D eigenvalue weighted by Gasteiger charge is 2.17. The van der Waals surface area contributed by atoms with Gasteiger partial charge in [0.25, 0.3) is 11.8 Å². The smallest absolute Gasteiger partial charge is 0.322 e. The molecule has 3 aromatic rings. The van der Waals surface area contributed by atoms with Gasteiger partial charge < -0.3 is 4.42 Å². The monoisotopic (exact) mass is 319 g/mol. The number of anilines is 1. The number of carbonyl (C=O) groups is 1. The second-order valence-electron chi connectivity index (χ2n) is 4.55. The quantitative estimate of drug-likeness (QED) is 0.798. The highest BCUT2D eigenvalue weighted by Crippen LogP contribution is 2.23. The van der Waals surface area contributed by atoms with E-state index in [1.54, 1.807) is 10.9 Å². The molecule has 2 aromatic heterocycles. The minimum Gasteiger partial charge on any atom is -0.403 e. The van der Waals surface area contributed by atoms with Crippen molar-refractivity contribution >= 4 is 11.9 Å². The van der Waals surface area contributed by atoms with Crippen LogP contribution in [0.1, 0.15) is 17.4 Å². The van der Waals surface area contributed by atoms with E-state index in [0.717, 1.165) is 6.07 Å². The number of hydrogen-bond acceptors (Lipinski definition) is 5. The molecule has 0 unspecified atom stereocenters. The Morgan fingerprint density at radius 1 is 1.30 bits per heavy atom. The number of halogens is 2. The van der Waals surface area contributed by atoms with Gasteiger partial charge in [-0.15, -0.1) is 5.10 Å². The summed E-state index contributed by atoms with van der Waals surface area (Å²) < 4.78 is 33.3. The highest BCUT2D eigenvalue weighted by molar-refractivity contribution is 6.01. The van der Waals surface area contributed by atoms with Crippen LogP contribution in [0.4, 0.5) is 14.8 Å². The lowest BCUT2D eigenvalue weighted by Gasteiger charge is -1.98. The topological polar surface area (TPSA) is 85.8 Å². The van der Waals surface area contributed by atoms with Gasteiger partial charge in [0, 0.05) is 18.8 Å². The number of rotatable bonds is 4. The SMILES string of the molecule is CCn1ccc(C(=O)Nc2nnc(-c3ccc(F)cc3F)o2)n1. The number of benzene rings is 1. The lowest BCUT2D eigenvalue weighted by atomic mass is 10.2. The molecule has 0 radical (unpaired) electrons. The van der Waals surface area contributed by atoms with Crippen molar-refractivity contribution in [2.45, 2.75) is 13.5 Å². The van der Waals surface area contributed by atoms with E-state index >= 15 is 0 Å². The van der Waals surface area contributed by atoms with Gasteiger partial charge in [-0.05, 0) is 25.1 Å². The Labute approximate surface area is 128 Å². The van der Waals surface area contributed by atoms with Crippen LogP contribution in [0.25, 0.3) is 11.5 Å². The fraction of sp³-hybridized carbons (Fsp3) is 0.143. The van der Waals surface area contributed by atoms with Crippen LogP contribution >= 0.6 is 0 Å². The lowest BCUT2D eigenvalue weighted by molar-refractivity contribution is 0.101. The summed E-state index contributed by atoms with van der Waals surface area (Å²) >= 11 is 0. The standard InChI is InChI=1S/C14H11F2N5O2/c1-2-21-6-5-11(20-21)12(22)17-14-19-18-13(23-14)9-4-3-8(15)7-10(9)16/h3-7H,2H2,1H3,(H,17,19,22). The molecule has 0 aliphatic heterocycles. The Morgan fingerprint density at radius 2 is 2.13 bits per heavy atom. The molecule has 23 heavy (non-hydrogen) atoms. The molecule has 2 heterocycles. The maximum Gasteiger partial charge on any atom is 0.322 e. The third-order valence-corrected chi connectivity index (χ3v) is 3.00. The first-order valence-corrected chi connectivity index (χ1v) is 6.70. The van der Waals surface area contributed by atoms with Crippen molar-refractivity contribution in [3.05, 3.63) is 47.8 Å². The van der Waals surface area contributed by atoms with Crippen LogP contribution in [-0.4, -0.2) is 25.9 Å². The Morgan fingerprint density at radius 3 is 2.83 bits per heavy atom. The van der Waals surface area contributed by atoms with Gasteiger partial charge >= 0.3 is 6.01 Å². The third kappa shape index (κ3) is 3.07. The average Bonchev–Trinajstić information content (AvgIpc) is 3.16. The number of nitrogens with zero attached hydrogens (tertiary/aromatic N) is 4. The molecule has 1 N–H and O–H groups in total. The van der Waals surface area contributed by atoms with Crippen molar-refractivity contribution in [2.24, 2.45) is 0 Å². The highest BCUT2D eigenvalue weighted by atomic mass is 19.1. The molecule has 0 saturated carbocycles. The molecule has 9 heteroatoms. The zero-order valence-electron chi connectivity index (χ0n) is 12.0. The number of hydrogen-bond donors (Lipinski definition) is 1. The molecule has 3 rings (SSSR count). The van der Waals surface area contributed by atoms with Crippen LogP contribution in [0.3, 0.4) is 0 Å². The normalized spacial score (nSPS) is 10.7. The summed E-state index contributed by atoms with van der Waals surface area (Å²) in [6.45, 7) is 2.51. The molecule has 0 aliphatic carbocycles. The molecule has 0 spiro atoms. The van der Waals surface area contributed by atoms with E-state index in [1.807, 2.05) is 6.92 Å². The van der Waals surface area contributed by atoms with Crippen LogP contribution in [0.5, 0.6) is 0 Å². The molecule has 1 aromatic carbocycles. The van der Waals surface area contributed by atoms with E-state index in [4.69, 9.17) is 4.42 Å². The van der Waals surface area contributed by atoms with Crippen molar-refractivity contribution in [2.75, 3.05) is 5.32 Å². The second-order valence-corrected chi connectivity index (χ2v) is 4.55. The second kappa shape index (κ2) is 5.95. The Hall–Kier alpha value is -3.10. The maximum atomic E-state index is 13.6. The fourth-order valence-electron chi connectivity index (χ4n) is 1.87. The summed E-state index contributed by atoms with van der Waals surface area (Å²) in [5, 5.41) is 13.6. The van der Waals surface area contributed by atoms with E-state index < -0.39 is 17.5 Å². The summed E-state index contributed by atoms with van der Waals surface area (Å²) in [5.41, 5.74) is 0.120. The van der Waals surface area contributed by atoms with E-state index in [-0.39, 0.29) is 23.2 Å². The van der Waals surface area contributed by atoms with Crippen LogP contribution in [0, 0.1) is 11.6 Å². The molecule has 1 amide bonds. The van der Waals surface area contributed by atoms with E-state index in [2.05, 4.69) is 20.6 Å². The van der Waals surface area contributed by atoms with Crippen molar-refractivity contribution in [3.8, 4) is 11.5 Å². The summed E-state index contributed by atoms with van der Waals surface area (Å²) in [6, 6.07) is 4.27. The molecule has 0 atom stereocenters. The first-order chi connectivity index (χ1) is 11.1. The molecular weight excluding hydrogens is 308 g/mol. The van der Waals surface area contributed by atoms with Gasteiger partial charge in [-0.1, -0.05) is 5.10 Å². The molecule has 0 aliphatic rings. The van der Waals surface area contributed by atoms with Gasteiger partial charge in [-0.25, -0.2) is 8.78 Å². The van der Waals surface area contributed by atoms with Crippen molar-refractivity contribution in [3.63, 3.8) is 0 Å². The maximum absolute atomic E-state index is 13.6. The van der Waals surface area contributed by atoms with Crippen molar-refractivity contribution < 1.29 is 18.0 Å². The van der Waals surface area contributed by atoms with Gasteiger partial charge in [0.2, 0.25) is 0 Å². The fourth-order valence-corrected chi connectivity index (χ4v) is 1.87. The Bertz CT molecular complexity index is 858. The van der Waals surface area contributed by atoms with Crippen LogP contribution < -0.4 is 5.32 Å². The number of carbonyl (C=O) groups excluding carboxylic acids is 1. The van der Waals surface area contributed by atoms with Gasteiger partial charge in [0.1, 0.15) is 11.6 Å².